The molecule has 0 radical (unpaired) electrons. The van der Waals surface area contributed by atoms with Crippen molar-refractivity contribution in [1.29, 1.82) is 0 Å². The van der Waals surface area contributed by atoms with Crippen molar-refractivity contribution in [2.24, 2.45) is 5.73 Å². The first-order chi connectivity index (χ1) is 7.79. The molecule has 0 fully saturated rings. The standard InChI is InChI=1S/C10H12F3N3O/c11-10(12,13)3-4-16-6-1-2-8(14)7(5-6)9(15)17/h1-2,5,16H,3-4,14H2,(H2,15,17). The highest BCUT2D eigenvalue weighted by Crippen LogP contribution is 2.21. The van der Waals surface area contributed by atoms with Crippen molar-refractivity contribution >= 4 is 17.3 Å². The van der Waals surface area contributed by atoms with Crippen LogP contribution in [-0.2, 0) is 0 Å². The lowest BCUT2D eigenvalue weighted by Crippen LogP contribution is -2.16. The molecule has 94 valence electrons. The van der Waals surface area contributed by atoms with Crippen LogP contribution in [0.5, 0.6) is 0 Å². The molecular weight excluding hydrogens is 235 g/mol. The molecule has 5 N–H and O–H groups in total. The second kappa shape index (κ2) is 4.94. The first kappa shape index (κ1) is 13.1. The summed E-state index contributed by atoms with van der Waals surface area (Å²) in [5, 5.41) is 2.54. The van der Waals surface area contributed by atoms with Gasteiger partial charge in [0.25, 0.3) is 5.91 Å². The number of hydrogen-bond donors (Lipinski definition) is 3. The van der Waals surface area contributed by atoms with Gasteiger partial charge in [-0.3, -0.25) is 4.79 Å². The van der Waals surface area contributed by atoms with Crippen LogP contribution < -0.4 is 16.8 Å². The summed E-state index contributed by atoms with van der Waals surface area (Å²) in [6, 6.07) is 4.22. The van der Waals surface area contributed by atoms with Gasteiger partial charge in [-0.1, -0.05) is 0 Å². The van der Waals surface area contributed by atoms with E-state index in [0.29, 0.717) is 5.69 Å². The summed E-state index contributed by atoms with van der Waals surface area (Å²) in [5.74, 6) is -0.720. The molecule has 17 heavy (non-hydrogen) atoms. The molecule has 0 aliphatic carbocycles. The fourth-order valence-corrected chi connectivity index (χ4v) is 1.23. The number of nitrogens with one attached hydrogen (secondary N) is 1. The second-order valence-corrected chi connectivity index (χ2v) is 3.46. The number of carbonyl (C=O) groups excluding carboxylic acids is 1. The number of benzene rings is 1. The van der Waals surface area contributed by atoms with E-state index in [2.05, 4.69) is 5.32 Å². The van der Waals surface area contributed by atoms with Gasteiger partial charge in [0.2, 0.25) is 0 Å². The largest absolute Gasteiger partial charge is 0.398 e. The summed E-state index contributed by atoms with van der Waals surface area (Å²) in [4.78, 5) is 10.9. The second-order valence-electron chi connectivity index (χ2n) is 3.46. The zero-order valence-electron chi connectivity index (χ0n) is 8.84. The molecule has 1 aromatic rings. The molecule has 1 rings (SSSR count). The minimum Gasteiger partial charge on any atom is -0.398 e. The van der Waals surface area contributed by atoms with E-state index in [0.717, 1.165) is 0 Å². The summed E-state index contributed by atoms with van der Waals surface area (Å²) < 4.78 is 35.7. The molecule has 0 aromatic heterocycles. The van der Waals surface area contributed by atoms with Crippen LogP contribution in [0.3, 0.4) is 0 Å². The van der Waals surface area contributed by atoms with E-state index < -0.39 is 18.5 Å². The van der Waals surface area contributed by atoms with Crippen LogP contribution in [0.1, 0.15) is 16.8 Å². The van der Waals surface area contributed by atoms with E-state index in [4.69, 9.17) is 11.5 Å². The third-order valence-electron chi connectivity index (χ3n) is 2.06. The Morgan fingerprint density at radius 2 is 2.00 bits per heavy atom. The maximum atomic E-state index is 11.9. The maximum Gasteiger partial charge on any atom is 0.390 e. The van der Waals surface area contributed by atoms with Gasteiger partial charge in [0, 0.05) is 17.9 Å². The third-order valence-corrected chi connectivity index (χ3v) is 2.06. The number of anilines is 2. The minimum absolute atomic E-state index is 0.0852. The molecule has 0 bridgehead atoms. The first-order valence-electron chi connectivity index (χ1n) is 4.79. The highest BCUT2D eigenvalue weighted by atomic mass is 19.4. The first-order valence-corrected chi connectivity index (χ1v) is 4.79. The Labute approximate surface area is 95.8 Å². The van der Waals surface area contributed by atoms with Crippen LogP contribution in [0.2, 0.25) is 0 Å². The fourth-order valence-electron chi connectivity index (χ4n) is 1.23. The number of halogens is 3. The van der Waals surface area contributed by atoms with Crippen molar-refractivity contribution in [3.05, 3.63) is 23.8 Å². The molecular formula is C10H12F3N3O. The van der Waals surface area contributed by atoms with Crippen molar-refractivity contribution < 1.29 is 18.0 Å². The predicted molar refractivity (Wildman–Crippen MR) is 58.5 cm³/mol. The lowest BCUT2D eigenvalue weighted by Gasteiger charge is -2.10. The zero-order chi connectivity index (χ0) is 13.1. The number of hydrogen-bond acceptors (Lipinski definition) is 3. The predicted octanol–water partition coefficient (Wildman–Crippen LogP) is 1.73. The number of nitrogens with two attached hydrogens (primary N) is 2. The number of amides is 1. The normalized spacial score (nSPS) is 11.2. The number of alkyl halides is 3. The molecule has 0 aliphatic rings. The molecule has 0 spiro atoms. The van der Waals surface area contributed by atoms with Gasteiger partial charge >= 0.3 is 6.18 Å². The molecule has 1 aromatic carbocycles. The highest BCUT2D eigenvalue weighted by molar-refractivity contribution is 5.98. The lowest BCUT2D eigenvalue weighted by atomic mass is 10.1. The Kier molecular flexibility index (Phi) is 3.82. The third kappa shape index (κ3) is 4.21. The smallest absolute Gasteiger partial charge is 0.390 e. The van der Waals surface area contributed by atoms with Crippen LogP contribution in [0.4, 0.5) is 24.5 Å². The molecule has 7 heteroatoms. The number of primary amides is 1. The topological polar surface area (TPSA) is 81.1 Å². The number of carbonyl (C=O) groups is 1. The van der Waals surface area contributed by atoms with Crippen molar-refractivity contribution in [3.8, 4) is 0 Å². The van der Waals surface area contributed by atoms with Crippen LogP contribution in [0.25, 0.3) is 0 Å². The van der Waals surface area contributed by atoms with Crippen LogP contribution in [0, 0.1) is 0 Å². The number of rotatable bonds is 4. The Morgan fingerprint density at radius 3 is 2.53 bits per heavy atom. The van der Waals surface area contributed by atoms with Gasteiger partial charge in [0.05, 0.1) is 12.0 Å². The highest BCUT2D eigenvalue weighted by Gasteiger charge is 2.26. The van der Waals surface area contributed by atoms with E-state index in [-0.39, 0.29) is 17.8 Å². The Hall–Kier alpha value is -1.92. The van der Waals surface area contributed by atoms with E-state index >= 15 is 0 Å². The summed E-state index contributed by atoms with van der Waals surface area (Å²) in [7, 11) is 0. The molecule has 0 saturated heterocycles. The summed E-state index contributed by atoms with van der Waals surface area (Å²) in [5.41, 5.74) is 11.2. The Balaban J connectivity index is 2.67. The molecule has 0 unspecified atom stereocenters. The summed E-state index contributed by atoms with van der Waals surface area (Å²) >= 11 is 0. The average Bonchev–Trinajstić information content (AvgIpc) is 2.18. The quantitative estimate of drug-likeness (QED) is 0.709. The van der Waals surface area contributed by atoms with Gasteiger partial charge < -0.3 is 16.8 Å². The van der Waals surface area contributed by atoms with Crippen molar-refractivity contribution in [1.82, 2.24) is 0 Å². The molecule has 0 saturated carbocycles. The lowest BCUT2D eigenvalue weighted by molar-refractivity contribution is -0.131. The fraction of sp³-hybridized carbons (Fsp3) is 0.300. The monoisotopic (exact) mass is 247 g/mol. The van der Waals surface area contributed by atoms with E-state index in [1.807, 2.05) is 0 Å². The van der Waals surface area contributed by atoms with Crippen molar-refractivity contribution in [2.75, 3.05) is 17.6 Å². The van der Waals surface area contributed by atoms with Gasteiger partial charge in [-0.15, -0.1) is 0 Å². The van der Waals surface area contributed by atoms with Gasteiger partial charge in [0.15, 0.2) is 0 Å². The van der Waals surface area contributed by atoms with Crippen LogP contribution in [-0.4, -0.2) is 18.6 Å². The molecule has 4 nitrogen and oxygen atoms in total. The van der Waals surface area contributed by atoms with Crippen molar-refractivity contribution in [3.63, 3.8) is 0 Å². The van der Waals surface area contributed by atoms with E-state index in [1.165, 1.54) is 18.2 Å². The SMILES string of the molecule is NC(=O)c1cc(NCCC(F)(F)F)ccc1N. The molecule has 1 amide bonds. The van der Waals surface area contributed by atoms with Gasteiger partial charge in [-0.05, 0) is 18.2 Å². The van der Waals surface area contributed by atoms with E-state index in [1.54, 1.807) is 0 Å². The summed E-state index contributed by atoms with van der Waals surface area (Å²) in [6.45, 7) is -0.272. The maximum absolute atomic E-state index is 11.9. The Morgan fingerprint density at radius 1 is 1.35 bits per heavy atom. The molecule has 0 aliphatic heterocycles. The Bertz CT molecular complexity index is 418. The van der Waals surface area contributed by atoms with Gasteiger partial charge in [-0.25, -0.2) is 0 Å². The van der Waals surface area contributed by atoms with Crippen LogP contribution >= 0.6 is 0 Å². The van der Waals surface area contributed by atoms with Gasteiger partial charge in [0.1, 0.15) is 0 Å². The summed E-state index contributed by atoms with van der Waals surface area (Å²) in [6.07, 6.45) is -5.17. The van der Waals surface area contributed by atoms with Crippen molar-refractivity contribution in [2.45, 2.75) is 12.6 Å². The van der Waals surface area contributed by atoms with E-state index in [9.17, 15) is 18.0 Å². The average molecular weight is 247 g/mol. The van der Waals surface area contributed by atoms with Crippen LogP contribution in [0.15, 0.2) is 18.2 Å². The number of nitrogen functional groups attached to an aromatic ring is 1. The molecule has 0 heterocycles. The molecule has 0 atom stereocenters. The van der Waals surface area contributed by atoms with Gasteiger partial charge in [-0.2, -0.15) is 13.2 Å². The zero-order valence-corrected chi connectivity index (χ0v) is 8.84. The minimum atomic E-state index is -4.21.